The predicted octanol–water partition coefficient (Wildman–Crippen LogP) is 1.21. The number of aliphatic hydroxyl groups is 1. The summed E-state index contributed by atoms with van der Waals surface area (Å²) in [7, 11) is -3.68. The fourth-order valence-electron chi connectivity index (χ4n) is 3.12. The lowest BCUT2D eigenvalue weighted by Crippen LogP contribution is -2.51. The number of aliphatic hydroxyl groups excluding tert-OH is 1. The van der Waals surface area contributed by atoms with Crippen LogP contribution >= 0.6 is 0 Å². The lowest BCUT2D eigenvalue weighted by Gasteiger charge is -2.31. The van der Waals surface area contributed by atoms with Gasteiger partial charge in [-0.05, 0) is 43.0 Å². The van der Waals surface area contributed by atoms with Gasteiger partial charge in [-0.25, -0.2) is 13.9 Å². The number of nitrogens with zero attached hydrogens (tertiary/aromatic N) is 1. The number of carbonyl (C=O) groups excluding carboxylic acids is 1. The van der Waals surface area contributed by atoms with Gasteiger partial charge in [-0.3, -0.25) is 14.9 Å². The molecule has 1 aliphatic heterocycles. The minimum absolute atomic E-state index is 0.0580. The average Bonchev–Trinajstić information content (AvgIpc) is 2.71. The fourth-order valence-corrected chi connectivity index (χ4v) is 3.97. The number of hydroxylamine groups is 1. The van der Waals surface area contributed by atoms with Crippen LogP contribution in [0.25, 0.3) is 5.57 Å². The van der Waals surface area contributed by atoms with Crippen molar-refractivity contribution in [3.63, 3.8) is 0 Å². The maximum Gasteiger partial charge on any atom is 0.264 e. The van der Waals surface area contributed by atoms with Gasteiger partial charge in [0.05, 0.1) is 6.61 Å². The van der Waals surface area contributed by atoms with Gasteiger partial charge in [0, 0.05) is 37.9 Å². The molecule has 1 amide bonds. The molecule has 1 aromatic carbocycles. The second kappa shape index (κ2) is 10.0. The van der Waals surface area contributed by atoms with E-state index in [1.54, 1.807) is 0 Å². The van der Waals surface area contributed by atoms with Crippen LogP contribution in [0.3, 0.4) is 0 Å². The normalized spacial score (nSPS) is 16.9. The van der Waals surface area contributed by atoms with Crippen molar-refractivity contribution >= 4 is 21.3 Å². The van der Waals surface area contributed by atoms with Crippen LogP contribution < -0.4 is 5.48 Å². The van der Waals surface area contributed by atoms with Crippen molar-refractivity contribution in [3.8, 4) is 11.8 Å². The van der Waals surface area contributed by atoms with Crippen LogP contribution in [-0.2, 0) is 14.6 Å². The molecule has 3 N–H and O–H groups in total. The number of amides is 1. The Bertz CT molecular complexity index is 913. The van der Waals surface area contributed by atoms with E-state index < -0.39 is 20.5 Å². The molecule has 0 aliphatic carbocycles. The molecule has 0 saturated heterocycles. The van der Waals surface area contributed by atoms with Crippen molar-refractivity contribution in [2.75, 3.05) is 32.5 Å². The van der Waals surface area contributed by atoms with Gasteiger partial charge in [-0.15, -0.1) is 0 Å². The molecule has 7 nitrogen and oxygen atoms in total. The second-order valence-electron chi connectivity index (χ2n) is 7.33. The predicted molar refractivity (Wildman–Crippen MR) is 112 cm³/mol. The van der Waals surface area contributed by atoms with Crippen LogP contribution in [-0.4, -0.2) is 66.8 Å². The lowest BCUT2D eigenvalue weighted by molar-refractivity contribution is -0.131. The SMILES string of the molecule is CC(CCN1CC=C(c2ccc(C#CCCO)cc2)CC1)(C(=O)NO)S(C)(=O)=O. The number of hydrogen-bond acceptors (Lipinski definition) is 6. The molecule has 1 unspecified atom stereocenters. The first-order chi connectivity index (χ1) is 13.7. The zero-order chi connectivity index (χ0) is 21.5. The third-order valence-corrected chi connectivity index (χ3v) is 7.35. The molecule has 1 heterocycles. The first-order valence-electron chi connectivity index (χ1n) is 9.47. The van der Waals surface area contributed by atoms with E-state index in [0.717, 1.165) is 30.3 Å². The summed E-state index contributed by atoms with van der Waals surface area (Å²) in [4.78, 5) is 14.0. The number of benzene rings is 1. The van der Waals surface area contributed by atoms with Crippen LogP contribution in [0.2, 0.25) is 0 Å². The van der Waals surface area contributed by atoms with Crippen molar-refractivity contribution < 1.29 is 23.5 Å². The molecule has 1 aromatic rings. The van der Waals surface area contributed by atoms with Gasteiger partial charge in [0.2, 0.25) is 0 Å². The second-order valence-corrected chi connectivity index (χ2v) is 9.77. The molecule has 0 saturated carbocycles. The van der Waals surface area contributed by atoms with Gasteiger partial charge in [0.15, 0.2) is 14.6 Å². The molecule has 0 radical (unpaired) electrons. The highest BCUT2D eigenvalue weighted by Gasteiger charge is 2.43. The van der Waals surface area contributed by atoms with Crippen molar-refractivity contribution in [1.29, 1.82) is 0 Å². The monoisotopic (exact) mass is 420 g/mol. The molecule has 2 rings (SSSR count). The summed E-state index contributed by atoms with van der Waals surface area (Å²) < 4.78 is 22.4. The number of rotatable bonds is 7. The molecule has 158 valence electrons. The first-order valence-corrected chi connectivity index (χ1v) is 11.4. The van der Waals surface area contributed by atoms with E-state index in [1.807, 2.05) is 24.3 Å². The fraction of sp³-hybridized carbons (Fsp3) is 0.476. The number of hydrogen-bond donors (Lipinski definition) is 3. The third kappa shape index (κ3) is 5.90. The highest BCUT2D eigenvalue weighted by molar-refractivity contribution is 7.92. The number of carbonyl (C=O) groups is 1. The zero-order valence-corrected chi connectivity index (χ0v) is 17.6. The largest absolute Gasteiger partial charge is 0.395 e. The maximum atomic E-state index is 12.0. The molecule has 1 atom stereocenters. The number of sulfone groups is 1. The summed E-state index contributed by atoms with van der Waals surface area (Å²) in [5.41, 5.74) is 4.72. The summed E-state index contributed by atoms with van der Waals surface area (Å²) in [6.07, 6.45) is 4.50. The average molecular weight is 421 g/mol. The third-order valence-electron chi connectivity index (χ3n) is 5.32. The summed E-state index contributed by atoms with van der Waals surface area (Å²) in [6, 6.07) is 7.96. The molecule has 29 heavy (non-hydrogen) atoms. The smallest absolute Gasteiger partial charge is 0.264 e. The molecule has 0 spiro atoms. The molecule has 0 bridgehead atoms. The molecule has 1 aliphatic rings. The Kier molecular flexibility index (Phi) is 7.99. The highest BCUT2D eigenvalue weighted by Crippen LogP contribution is 2.25. The Balaban J connectivity index is 1.99. The topological polar surface area (TPSA) is 107 Å². The van der Waals surface area contributed by atoms with Crippen molar-refractivity contribution in [2.45, 2.75) is 30.9 Å². The van der Waals surface area contributed by atoms with E-state index in [2.05, 4.69) is 22.8 Å². The Labute approximate surface area is 172 Å². The van der Waals surface area contributed by atoms with Gasteiger partial charge in [0.1, 0.15) is 0 Å². The van der Waals surface area contributed by atoms with E-state index in [9.17, 15) is 13.2 Å². The van der Waals surface area contributed by atoms with Crippen molar-refractivity contribution in [3.05, 3.63) is 41.5 Å². The van der Waals surface area contributed by atoms with Crippen molar-refractivity contribution in [2.24, 2.45) is 0 Å². The van der Waals surface area contributed by atoms with Gasteiger partial charge in [0.25, 0.3) is 5.91 Å². The molecular weight excluding hydrogens is 392 g/mol. The van der Waals surface area contributed by atoms with Crippen molar-refractivity contribution in [1.82, 2.24) is 10.4 Å². The summed E-state index contributed by atoms with van der Waals surface area (Å²) >= 11 is 0. The molecule has 0 fully saturated rings. The van der Waals surface area contributed by atoms with Crippen LogP contribution in [0, 0.1) is 11.8 Å². The van der Waals surface area contributed by atoms with Gasteiger partial charge in [-0.1, -0.05) is 30.0 Å². The Hall–Kier alpha value is -2.18. The lowest BCUT2D eigenvalue weighted by atomic mass is 9.98. The highest BCUT2D eigenvalue weighted by atomic mass is 32.2. The molecular formula is C21H28N2O5S. The quantitative estimate of drug-likeness (QED) is 0.348. The summed E-state index contributed by atoms with van der Waals surface area (Å²) in [6.45, 7) is 3.24. The summed E-state index contributed by atoms with van der Waals surface area (Å²) in [5.74, 6) is 4.99. The zero-order valence-electron chi connectivity index (χ0n) is 16.8. The van der Waals surface area contributed by atoms with E-state index in [4.69, 9.17) is 10.3 Å². The standard InChI is InChI=1S/C21H28N2O5S/c1-21(20(25)22-26,29(2,27)28)12-15-23-13-10-19(11-14-23)18-8-6-17(7-9-18)5-3-4-16-24/h6-10,24,26H,4,11-16H2,1-2H3,(H,22,25). The van der Waals surface area contributed by atoms with Gasteiger partial charge >= 0.3 is 0 Å². The van der Waals surface area contributed by atoms with Gasteiger partial charge < -0.3 is 5.11 Å². The summed E-state index contributed by atoms with van der Waals surface area (Å²) in [5, 5.41) is 17.7. The van der Waals surface area contributed by atoms with E-state index in [-0.39, 0.29) is 13.0 Å². The van der Waals surface area contributed by atoms with Gasteiger partial charge in [-0.2, -0.15) is 0 Å². The number of nitrogens with one attached hydrogen (secondary N) is 1. The first kappa shape index (κ1) is 23.1. The van der Waals surface area contributed by atoms with Crippen LogP contribution in [0.4, 0.5) is 0 Å². The molecule has 0 aromatic heterocycles. The Morgan fingerprint density at radius 1 is 1.31 bits per heavy atom. The van der Waals surface area contributed by atoms with E-state index >= 15 is 0 Å². The Morgan fingerprint density at radius 2 is 2.00 bits per heavy atom. The minimum atomic E-state index is -3.68. The van der Waals surface area contributed by atoms with E-state index in [0.29, 0.717) is 19.5 Å². The van der Waals surface area contributed by atoms with Crippen LogP contribution in [0.5, 0.6) is 0 Å². The van der Waals surface area contributed by atoms with Crippen LogP contribution in [0.15, 0.2) is 30.3 Å². The van der Waals surface area contributed by atoms with E-state index in [1.165, 1.54) is 18.0 Å². The maximum absolute atomic E-state index is 12.0. The molecule has 8 heteroatoms. The Morgan fingerprint density at radius 3 is 2.52 bits per heavy atom. The minimum Gasteiger partial charge on any atom is -0.395 e. The van der Waals surface area contributed by atoms with Crippen LogP contribution in [0.1, 0.15) is 37.3 Å².